The highest BCUT2D eigenvalue weighted by Gasteiger charge is 2.06. The second kappa shape index (κ2) is 6.40. The zero-order valence-electron chi connectivity index (χ0n) is 14.5. The summed E-state index contributed by atoms with van der Waals surface area (Å²) in [4.78, 5) is 15.3. The molecule has 0 fully saturated rings. The largest absolute Gasteiger partial charge is 0.497 e. The summed E-state index contributed by atoms with van der Waals surface area (Å²) in [6.45, 7) is 6.63. The Labute approximate surface area is 141 Å². The number of aryl methyl sites for hydroxylation is 3. The van der Waals surface area contributed by atoms with Gasteiger partial charge in [-0.1, -0.05) is 0 Å². The van der Waals surface area contributed by atoms with Crippen molar-refractivity contribution in [3.63, 3.8) is 0 Å². The van der Waals surface area contributed by atoms with Crippen LogP contribution in [0.25, 0.3) is 10.9 Å². The Kier molecular flexibility index (Phi) is 4.30. The highest BCUT2D eigenvalue weighted by atomic mass is 16.5. The van der Waals surface area contributed by atoms with E-state index in [1.54, 1.807) is 7.11 Å². The van der Waals surface area contributed by atoms with E-state index in [-0.39, 0.29) is 5.56 Å². The Balaban J connectivity index is 1.89. The molecular weight excluding hydrogens is 300 g/mol. The van der Waals surface area contributed by atoms with Gasteiger partial charge in [0.25, 0.3) is 5.56 Å². The van der Waals surface area contributed by atoms with E-state index in [2.05, 4.69) is 30.2 Å². The number of anilines is 1. The summed E-state index contributed by atoms with van der Waals surface area (Å²) >= 11 is 0. The van der Waals surface area contributed by atoms with E-state index in [1.807, 2.05) is 37.3 Å². The van der Waals surface area contributed by atoms with Crippen molar-refractivity contribution in [3.05, 3.63) is 69.0 Å². The molecule has 1 aromatic heterocycles. The van der Waals surface area contributed by atoms with Crippen LogP contribution < -0.4 is 15.6 Å². The Morgan fingerprint density at radius 1 is 1.00 bits per heavy atom. The van der Waals surface area contributed by atoms with Crippen LogP contribution in [0.1, 0.15) is 22.3 Å². The number of pyridine rings is 1. The number of H-pyrrole nitrogens is 1. The quantitative estimate of drug-likeness (QED) is 0.761. The number of ether oxygens (including phenoxy) is 1. The summed E-state index contributed by atoms with van der Waals surface area (Å²) < 4.78 is 5.22. The fourth-order valence-electron chi connectivity index (χ4n) is 2.81. The van der Waals surface area contributed by atoms with Crippen molar-refractivity contribution in [1.82, 2.24) is 4.98 Å². The average molecular weight is 322 g/mol. The lowest BCUT2D eigenvalue weighted by molar-refractivity contribution is 0.414. The Morgan fingerprint density at radius 3 is 2.46 bits per heavy atom. The van der Waals surface area contributed by atoms with Gasteiger partial charge in [-0.25, -0.2) is 0 Å². The van der Waals surface area contributed by atoms with E-state index < -0.39 is 0 Å². The minimum absolute atomic E-state index is 0.0515. The summed E-state index contributed by atoms with van der Waals surface area (Å²) in [5.74, 6) is 0.826. The first-order chi connectivity index (χ1) is 11.5. The van der Waals surface area contributed by atoms with Crippen LogP contribution in [-0.2, 0) is 6.54 Å². The summed E-state index contributed by atoms with van der Waals surface area (Å²) in [6.07, 6.45) is 0. The first-order valence-electron chi connectivity index (χ1n) is 7.99. The molecule has 0 aliphatic rings. The van der Waals surface area contributed by atoms with E-state index in [9.17, 15) is 4.79 Å². The van der Waals surface area contributed by atoms with Crippen molar-refractivity contribution < 1.29 is 4.74 Å². The molecule has 0 saturated carbocycles. The average Bonchev–Trinajstić information content (AvgIpc) is 2.55. The molecule has 0 radical (unpaired) electrons. The molecule has 0 saturated heterocycles. The fourth-order valence-corrected chi connectivity index (χ4v) is 2.81. The number of benzene rings is 2. The lowest BCUT2D eigenvalue weighted by Crippen LogP contribution is -2.16. The molecule has 24 heavy (non-hydrogen) atoms. The first-order valence-corrected chi connectivity index (χ1v) is 7.99. The molecule has 2 N–H and O–H groups in total. The number of nitrogens with one attached hydrogen (secondary N) is 2. The molecule has 124 valence electrons. The van der Waals surface area contributed by atoms with Gasteiger partial charge in [0.2, 0.25) is 0 Å². The molecule has 0 atom stereocenters. The summed E-state index contributed by atoms with van der Waals surface area (Å²) in [5, 5.41) is 4.39. The first kappa shape index (κ1) is 16.1. The number of fused-ring (bicyclic) bond motifs is 1. The van der Waals surface area contributed by atoms with Gasteiger partial charge in [-0.3, -0.25) is 4.79 Å². The summed E-state index contributed by atoms with van der Waals surface area (Å²) in [6, 6.07) is 12.0. The molecule has 3 aromatic rings. The maximum Gasteiger partial charge on any atom is 0.253 e. The van der Waals surface area contributed by atoms with Crippen LogP contribution in [0, 0.1) is 20.8 Å². The van der Waals surface area contributed by atoms with Gasteiger partial charge in [-0.2, -0.15) is 0 Å². The zero-order valence-corrected chi connectivity index (χ0v) is 14.5. The topological polar surface area (TPSA) is 54.1 Å². The smallest absolute Gasteiger partial charge is 0.253 e. The lowest BCUT2D eigenvalue weighted by Gasteiger charge is -2.11. The van der Waals surface area contributed by atoms with Crippen molar-refractivity contribution in [2.24, 2.45) is 0 Å². The van der Waals surface area contributed by atoms with Crippen LogP contribution >= 0.6 is 0 Å². The number of hydrogen-bond donors (Lipinski definition) is 2. The highest BCUT2D eigenvalue weighted by molar-refractivity contribution is 5.80. The number of methoxy groups -OCH3 is 1. The number of aromatic amines is 1. The molecule has 4 nitrogen and oxygen atoms in total. The molecule has 4 heteroatoms. The van der Waals surface area contributed by atoms with Crippen LogP contribution in [0.4, 0.5) is 5.69 Å². The molecule has 0 amide bonds. The predicted octanol–water partition coefficient (Wildman–Crippen LogP) is 4.07. The molecule has 0 bridgehead atoms. The third-order valence-electron chi connectivity index (χ3n) is 4.44. The second-order valence-corrected chi connectivity index (χ2v) is 6.18. The fraction of sp³-hybridized carbons (Fsp3) is 0.250. The number of aromatic nitrogens is 1. The van der Waals surface area contributed by atoms with E-state index in [1.165, 1.54) is 11.1 Å². The van der Waals surface area contributed by atoms with Crippen LogP contribution in [0.3, 0.4) is 0 Å². The molecule has 2 aromatic carbocycles. The van der Waals surface area contributed by atoms with Gasteiger partial charge in [0.05, 0.1) is 7.11 Å². The van der Waals surface area contributed by atoms with Crippen molar-refractivity contribution in [1.29, 1.82) is 0 Å². The standard InChI is InChI=1S/C20H22N2O2/c1-12-7-15-10-16(20(23)22-19(15)9-13(12)2)11-21-18-6-5-17(24-4)8-14(18)3/h5-10,21H,11H2,1-4H3,(H,22,23). The van der Waals surface area contributed by atoms with Gasteiger partial charge in [-0.05, 0) is 79.2 Å². The normalized spacial score (nSPS) is 10.8. The maximum absolute atomic E-state index is 12.3. The van der Waals surface area contributed by atoms with Gasteiger partial charge in [0.1, 0.15) is 5.75 Å². The van der Waals surface area contributed by atoms with Crippen LogP contribution in [0.2, 0.25) is 0 Å². The molecular formula is C20H22N2O2. The van der Waals surface area contributed by atoms with Crippen molar-refractivity contribution >= 4 is 16.6 Å². The van der Waals surface area contributed by atoms with Gasteiger partial charge >= 0.3 is 0 Å². The van der Waals surface area contributed by atoms with E-state index in [4.69, 9.17) is 4.74 Å². The second-order valence-electron chi connectivity index (χ2n) is 6.18. The minimum atomic E-state index is -0.0515. The van der Waals surface area contributed by atoms with Crippen molar-refractivity contribution in [2.45, 2.75) is 27.3 Å². The summed E-state index contributed by atoms with van der Waals surface area (Å²) in [7, 11) is 1.65. The van der Waals surface area contributed by atoms with Gasteiger partial charge in [0, 0.05) is 23.3 Å². The molecule has 0 aliphatic carbocycles. The van der Waals surface area contributed by atoms with E-state index in [0.29, 0.717) is 6.54 Å². The lowest BCUT2D eigenvalue weighted by atomic mass is 10.0. The number of rotatable bonds is 4. The monoisotopic (exact) mass is 322 g/mol. The highest BCUT2D eigenvalue weighted by Crippen LogP contribution is 2.22. The summed E-state index contributed by atoms with van der Waals surface area (Å²) in [5.41, 5.74) is 6.03. The zero-order chi connectivity index (χ0) is 17.3. The molecule has 3 rings (SSSR count). The van der Waals surface area contributed by atoms with E-state index >= 15 is 0 Å². The van der Waals surface area contributed by atoms with Gasteiger partial charge in [0.15, 0.2) is 0 Å². The van der Waals surface area contributed by atoms with Gasteiger partial charge < -0.3 is 15.0 Å². The maximum atomic E-state index is 12.3. The third-order valence-corrected chi connectivity index (χ3v) is 4.44. The minimum Gasteiger partial charge on any atom is -0.497 e. The van der Waals surface area contributed by atoms with Crippen LogP contribution in [0.15, 0.2) is 41.2 Å². The Bertz CT molecular complexity index is 958. The third kappa shape index (κ3) is 3.13. The molecule has 0 unspecified atom stereocenters. The molecule has 0 spiro atoms. The van der Waals surface area contributed by atoms with Crippen LogP contribution in [-0.4, -0.2) is 12.1 Å². The Hall–Kier alpha value is -2.75. The van der Waals surface area contributed by atoms with E-state index in [0.717, 1.165) is 33.5 Å². The van der Waals surface area contributed by atoms with Crippen molar-refractivity contribution in [2.75, 3.05) is 12.4 Å². The van der Waals surface area contributed by atoms with Crippen molar-refractivity contribution in [3.8, 4) is 5.75 Å². The Morgan fingerprint density at radius 2 is 1.75 bits per heavy atom. The molecule has 0 aliphatic heterocycles. The van der Waals surface area contributed by atoms with Gasteiger partial charge in [-0.15, -0.1) is 0 Å². The molecule has 1 heterocycles. The number of hydrogen-bond acceptors (Lipinski definition) is 3. The predicted molar refractivity (Wildman–Crippen MR) is 99.1 cm³/mol. The van der Waals surface area contributed by atoms with Crippen LogP contribution in [0.5, 0.6) is 5.75 Å². The SMILES string of the molecule is COc1ccc(NCc2cc3cc(C)c(C)cc3[nH]c2=O)c(C)c1.